The Kier molecular flexibility index (Phi) is 7.11. The van der Waals surface area contributed by atoms with Gasteiger partial charge in [-0.25, -0.2) is 4.79 Å². The number of carbonyl (C=O) groups excluding carboxylic acids is 2. The van der Waals surface area contributed by atoms with Crippen molar-refractivity contribution in [3.8, 4) is 0 Å². The Balaban J connectivity index is 1.68. The van der Waals surface area contributed by atoms with Gasteiger partial charge in [-0.05, 0) is 43.2 Å². The second kappa shape index (κ2) is 9.65. The summed E-state index contributed by atoms with van der Waals surface area (Å²) in [4.78, 5) is 36.5. The molecular weight excluding hydrogens is 467 g/mol. The van der Waals surface area contributed by atoms with E-state index in [1.165, 1.54) is 25.3 Å². The third-order valence-corrected chi connectivity index (χ3v) is 5.67. The third kappa shape index (κ3) is 5.54. The first kappa shape index (κ1) is 24.3. The number of piperidine rings is 1. The number of alkyl halides is 3. The minimum absolute atomic E-state index is 0.0762. The Morgan fingerprint density at radius 1 is 1.18 bits per heavy atom. The molecule has 1 aliphatic heterocycles. The molecule has 0 aliphatic carbocycles. The number of hydrogen-bond donors (Lipinski definition) is 1. The molecule has 0 aromatic heterocycles. The lowest BCUT2D eigenvalue weighted by Crippen LogP contribution is -2.38. The molecular formula is C21H19ClF3N3O5. The van der Waals surface area contributed by atoms with Gasteiger partial charge in [-0.3, -0.25) is 14.9 Å². The molecule has 1 aliphatic rings. The highest BCUT2D eigenvalue weighted by molar-refractivity contribution is 6.33. The van der Waals surface area contributed by atoms with Crippen molar-refractivity contribution < 1.29 is 32.4 Å². The molecule has 2 aromatic rings. The molecule has 0 radical (unpaired) electrons. The molecule has 1 N–H and O–H groups in total. The summed E-state index contributed by atoms with van der Waals surface area (Å²) in [6, 6.07) is 6.80. The molecule has 8 nitrogen and oxygen atoms in total. The van der Waals surface area contributed by atoms with E-state index in [4.69, 9.17) is 11.6 Å². The highest BCUT2D eigenvalue weighted by Gasteiger charge is 2.35. The van der Waals surface area contributed by atoms with Gasteiger partial charge in [0.2, 0.25) is 5.91 Å². The Hall–Kier alpha value is -3.34. The highest BCUT2D eigenvalue weighted by atomic mass is 35.5. The fraction of sp³-hybridized carbons (Fsp3) is 0.333. The predicted molar refractivity (Wildman–Crippen MR) is 114 cm³/mol. The first-order chi connectivity index (χ1) is 15.5. The van der Waals surface area contributed by atoms with Gasteiger partial charge >= 0.3 is 12.1 Å². The van der Waals surface area contributed by atoms with E-state index in [0.29, 0.717) is 24.6 Å². The number of nitro groups is 1. The summed E-state index contributed by atoms with van der Waals surface area (Å²) in [5.74, 6) is -1.38. The van der Waals surface area contributed by atoms with Crippen molar-refractivity contribution in [1.82, 2.24) is 0 Å². The average Bonchev–Trinajstić information content (AvgIpc) is 2.78. The average molecular weight is 486 g/mol. The van der Waals surface area contributed by atoms with E-state index < -0.39 is 34.2 Å². The number of esters is 1. The maximum absolute atomic E-state index is 12.9. The van der Waals surface area contributed by atoms with Gasteiger partial charge in [0.1, 0.15) is 5.69 Å². The van der Waals surface area contributed by atoms with E-state index in [1.54, 1.807) is 4.90 Å². The Morgan fingerprint density at radius 2 is 1.85 bits per heavy atom. The van der Waals surface area contributed by atoms with Crippen LogP contribution in [-0.4, -0.2) is 37.0 Å². The number of carbonyl (C=O) groups is 2. The SMILES string of the molecule is COC(=O)c1cc(NC(=O)C2CCN(c3ccc(C(F)(F)F)cc3[N+](=O)[O-])CC2)ccc1Cl. The fourth-order valence-electron chi connectivity index (χ4n) is 3.61. The van der Waals surface area contributed by atoms with Gasteiger partial charge in [0.15, 0.2) is 0 Å². The number of nitro benzene ring substituents is 1. The molecule has 1 fully saturated rings. The van der Waals surface area contributed by atoms with Gasteiger partial charge in [-0.1, -0.05) is 11.6 Å². The van der Waals surface area contributed by atoms with Crippen molar-refractivity contribution >= 4 is 40.5 Å². The largest absolute Gasteiger partial charge is 0.465 e. The number of methoxy groups -OCH3 is 1. The van der Waals surface area contributed by atoms with Gasteiger partial charge in [0.25, 0.3) is 5.69 Å². The van der Waals surface area contributed by atoms with Crippen LogP contribution in [-0.2, 0) is 15.7 Å². The van der Waals surface area contributed by atoms with Crippen LogP contribution in [0, 0.1) is 16.0 Å². The van der Waals surface area contributed by atoms with Crippen molar-refractivity contribution in [2.75, 3.05) is 30.4 Å². The summed E-state index contributed by atoms with van der Waals surface area (Å²) in [5, 5.41) is 14.2. The number of nitrogens with one attached hydrogen (secondary N) is 1. The Morgan fingerprint density at radius 3 is 2.42 bits per heavy atom. The Labute approximate surface area is 191 Å². The molecule has 0 spiro atoms. The van der Waals surface area contributed by atoms with Gasteiger partial charge in [0, 0.05) is 30.8 Å². The van der Waals surface area contributed by atoms with E-state index in [1.807, 2.05) is 0 Å². The summed E-state index contributed by atoms with van der Waals surface area (Å²) in [6.07, 6.45) is -4.02. The molecule has 0 bridgehead atoms. The van der Waals surface area contributed by atoms with Crippen molar-refractivity contribution in [3.05, 3.63) is 62.7 Å². The smallest absolute Gasteiger partial charge is 0.416 e. The molecule has 1 heterocycles. The fourth-order valence-corrected chi connectivity index (χ4v) is 3.80. The second-order valence-corrected chi connectivity index (χ2v) is 7.80. The first-order valence-corrected chi connectivity index (χ1v) is 10.2. The van der Waals surface area contributed by atoms with Gasteiger partial charge in [0.05, 0.1) is 28.2 Å². The quantitative estimate of drug-likeness (QED) is 0.367. The van der Waals surface area contributed by atoms with E-state index in [-0.39, 0.29) is 35.3 Å². The third-order valence-electron chi connectivity index (χ3n) is 5.35. The number of anilines is 2. The van der Waals surface area contributed by atoms with Crippen LogP contribution in [0.2, 0.25) is 5.02 Å². The molecule has 176 valence electrons. The number of benzene rings is 2. The summed E-state index contributed by atoms with van der Waals surface area (Å²) >= 11 is 5.97. The van der Waals surface area contributed by atoms with Gasteiger partial charge in [-0.15, -0.1) is 0 Å². The standard InChI is InChI=1S/C21H19ClF3N3O5/c1-33-20(30)15-11-14(3-4-16(15)22)26-19(29)12-6-8-27(9-7-12)17-5-2-13(21(23,24)25)10-18(17)28(31)32/h2-5,10-12H,6-9H2,1H3,(H,26,29). The molecule has 2 aromatic carbocycles. The van der Waals surface area contributed by atoms with Crippen LogP contribution in [0.3, 0.4) is 0 Å². The van der Waals surface area contributed by atoms with Gasteiger partial charge in [-0.2, -0.15) is 13.2 Å². The predicted octanol–water partition coefficient (Wildman–Crippen LogP) is 4.91. The molecule has 1 saturated heterocycles. The number of nitrogens with zero attached hydrogens (tertiary/aromatic N) is 2. The van der Waals surface area contributed by atoms with Gasteiger partial charge < -0.3 is 15.0 Å². The van der Waals surface area contributed by atoms with Crippen LogP contribution in [0.15, 0.2) is 36.4 Å². The van der Waals surface area contributed by atoms with E-state index in [0.717, 1.165) is 12.1 Å². The summed E-state index contributed by atoms with van der Waals surface area (Å²) in [5.41, 5.74) is -1.20. The van der Waals surface area contributed by atoms with E-state index in [9.17, 15) is 32.9 Å². The topological polar surface area (TPSA) is 102 Å². The zero-order chi connectivity index (χ0) is 24.3. The first-order valence-electron chi connectivity index (χ1n) is 9.80. The lowest BCUT2D eigenvalue weighted by atomic mass is 9.95. The summed E-state index contributed by atoms with van der Waals surface area (Å²) < 4.78 is 43.4. The monoisotopic (exact) mass is 485 g/mol. The maximum atomic E-state index is 12.9. The Bertz CT molecular complexity index is 1090. The van der Waals surface area contributed by atoms with Crippen LogP contribution in [0.5, 0.6) is 0 Å². The zero-order valence-corrected chi connectivity index (χ0v) is 18.1. The minimum Gasteiger partial charge on any atom is -0.465 e. The normalized spacial score (nSPS) is 14.6. The van der Waals surface area contributed by atoms with E-state index >= 15 is 0 Å². The van der Waals surface area contributed by atoms with Crippen LogP contribution < -0.4 is 10.2 Å². The molecule has 33 heavy (non-hydrogen) atoms. The summed E-state index contributed by atoms with van der Waals surface area (Å²) in [6.45, 7) is 0.497. The second-order valence-electron chi connectivity index (χ2n) is 7.40. The number of amides is 1. The number of hydrogen-bond acceptors (Lipinski definition) is 6. The van der Waals surface area contributed by atoms with Crippen molar-refractivity contribution in [3.63, 3.8) is 0 Å². The lowest BCUT2D eigenvalue weighted by Gasteiger charge is -2.32. The number of rotatable bonds is 5. The molecule has 12 heteroatoms. The van der Waals surface area contributed by atoms with Crippen LogP contribution in [0.25, 0.3) is 0 Å². The molecule has 1 amide bonds. The lowest BCUT2D eigenvalue weighted by molar-refractivity contribution is -0.384. The zero-order valence-electron chi connectivity index (χ0n) is 17.3. The van der Waals surface area contributed by atoms with Crippen LogP contribution in [0.1, 0.15) is 28.8 Å². The van der Waals surface area contributed by atoms with Crippen molar-refractivity contribution in [2.24, 2.45) is 5.92 Å². The molecule has 0 saturated carbocycles. The van der Waals surface area contributed by atoms with E-state index in [2.05, 4.69) is 10.1 Å². The van der Waals surface area contributed by atoms with Crippen LogP contribution >= 0.6 is 11.6 Å². The number of halogens is 4. The molecule has 0 atom stereocenters. The highest BCUT2D eigenvalue weighted by Crippen LogP contribution is 2.37. The maximum Gasteiger partial charge on any atom is 0.416 e. The number of ether oxygens (including phenoxy) is 1. The minimum atomic E-state index is -4.69. The van der Waals surface area contributed by atoms with Crippen LogP contribution in [0.4, 0.5) is 30.2 Å². The molecule has 0 unspecified atom stereocenters. The van der Waals surface area contributed by atoms with Crippen molar-refractivity contribution in [2.45, 2.75) is 19.0 Å². The summed E-state index contributed by atoms with van der Waals surface area (Å²) in [7, 11) is 1.21. The van der Waals surface area contributed by atoms with Crippen molar-refractivity contribution in [1.29, 1.82) is 0 Å². The molecule has 3 rings (SSSR count).